The Morgan fingerprint density at radius 2 is 2.09 bits per heavy atom. The molecule has 1 fully saturated rings. The molecule has 7 nitrogen and oxygen atoms in total. The van der Waals surface area contributed by atoms with Crippen LogP contribution in [0.15, 0.2) is 18.2 Å². The molecule has 1 amide bonds. The van der Waals surface area contributed by atoms with Crippen molar-refractivity contribution < 1.29 is 14.5 Å². The van der Waals surface area contributed by atoms with Crippen LogP contribution in [0.1, 0.15) is 23.2 Å². The molecular weight excluding hydrogens is 322 g/mol. The molecule has 2 rings (SSSR count). The van der Waals surface area contributed by atoms with E-state index < -0.39 is 4.92 Å². The highest BCUT2D eigenvalue weighted by atomic mass is 35.5. The highest BCUT2D eigenvalue weighted by molar-refractivity contribution is 5.95. The third-order valence-electron chi connectivity index (χ3n) is 4.02. The minimum Gasteiger partial charge on any atom is -0.490 e. The van der Waals surface area contributed by atoms with Crippen LogP contribution in [0, 0.1) is 16.0 Å². The summed E-state index contributed by atoms with van der Waals surface area (Å²) in [6, 6.07) is 4.34. The summed E-state index contributed by atoms with van der Waals surface area (Å²) in [6.45, 7) is 2.33. The number of benzene rings is 1. The summed E-state index contributed by atoms with van der Waals surface area (Å²) < 4.78 is 4.95. The summed E-state index contributed by atoms with van der Waals surface area (Å²) in [5.41, 5.74) is 0.151. The summed E-state index contributed by atoms with van der Waals surface area (Å²) in [5, 5.41) is 14.2. The molecule has 0 spiro atoms. The summed E-state index contributed by atoms with van der Waals surface area (Å²) in [6.07, 6.45) is 1.90. The number of carbonyl (C=O) groups is 1. The average Bonchev–Trinajstić information content (AvgIpc) is 2.54. The predicted molar refractivity (Wildman–Crippen MR) is 89.5 cm³/mol. The maximum Gasteiger partial charge on any atom is 0.311 e. The van der Waals surface area contributed by atoms with E-state index in [4.69, 9.17) is 4.74 Å². The molecule has 0 saturated carbocycles. The van der Waals surface area contributed by atoms with Gasteiger partial charge in [0.15, 0.2) is 5.75 Å². The second kappa shape index (κ2) is 8.69. The molecule has 0 bridgehead atoms. The first kappa shape index (κ1) is 19.2. The van der Waals surface area contributed by atoms with Crippen LogP contribution in [0.4, 0.5) is 5.69 Å². The lowest BCUT2D eigenvalue weighted by molar-refractivity contribution is -0.385. The Hall–Kier alpha value is -1.86. The lowest BCUT2D eigenvalue weighted by Crippen LogP contribution is -2.40. The molecule has 1 saturated heterocycles. The molecule has 1 aliphatic rings. The van der Waals surface area contributed by atoms with Crippen LogP contribution < -0.4 is 10.1 Å². The Morgan fingerprint density at radius 1 is 1.43 bits per heavy atom. The fourth-order valence-electron chi connectivity index (χ4n) is 2.78. The molecular formula is C15H22ClN3O4. The minimum atomic E-state index is -0.533. The number of methoxy groups -OCH3 is 1. The van der Waals surface area contributed by atoms with Crippen molar-refractivity contribution in [3.8, 4) is 5.75 Å². The van der Waals surface area contributed by atoms with Gasteiger partial charge in [-0.2, -0.15) is 0 Å². The zero-order valence-electron chi connectivity index (χ0n) is 13.3. The van der Waals surface area contributed by atoms with Crippen LogP contribution in [0.3, 0.4) is 0 Å². The number of nitrogens with one attached hydrogen (secondary N) is 1. The Kier molecular flexibility index (Phi) is 7.25. The maximum atomic E-state index is 12.5. The maximum absolute atomic E-state index is 12.5. The van der Waals surface area contributed by atoms with Gasteiger partial charge in [0.1, 0.15) is 0 Å². The average molecular weight is 344 g/mol. The van der Waals surface area contributed by atoms with E-state index in [-0.39, 0.29) is 29.8 Å². The van der Waals surface area contributed by atoms with E-state index in [0.29, 0.717) is 24.6 Å². The van der Waals surface area contributed by atoms with Gasteiger partial charge < -0.3 is 15.0 Å². The van der Waals surface area contributed by atoms with Crippen LogP contribution in [-0.2, 0) is 0 Å². The third-order valence-corrected chi connectivity index (χ3v) is 4.02. The number of nitro groups is 1. The van der Waals surface area contributed by atoms with E-state index in [1.807, 2.05) is 7.05 Å². The van der Waals surface area contributed by atoms with Gasteiger partial charge in [0.25, 0.3) is 5.91 Å². The fraction of sp³-hybridized carbons (Fsp3) is 0.533. The highest BCUT2D eigenvalue weighted by Crippen LogP contribution is 2.28. The number of nitrogens with zero attached hydrogens (tertiary/aromatic N) is 2. The van der Waals surface area contributed by atoms with E-state index in [1.54, 1.807) is 11.0 Å². The smallest absolute Gasteiger partial charge is 0.311 e. The van der Waals surface area contributed by atoms with Crippen LogP contribution in [-0.4, -0.2) is 49.5 Å². The van der Waals surface area contributed by atoms with Crippen molar-refractivity contribution in [2.24, 2.45) is 5.92 Å². The topological polar surface area (TPSA) is 84.7 Å². The van der Waals surface area contributed by atoms with Gasteiger partial charge in [-0.05, 0) is 44.5 Å². The van der Waals surface area contributed by atoms with Crippen LogP contribution in [0.25, 0.3) is 0 Å². The second-order valence-corrected chi connectivity index (χ2v) is 5.44. The Balaban J connectivity index is 0.00000264. The van der Waals surface area contributed by atoms with Gasteiger partial charge in [-0.15, -0.1) is 12.4 Å². The molecule has 1 N–H and O–H groups in total. The van der Waals surface area contributed by atoms with E-state index in [1.165, 1.54) is 19.2 Å². The summed E-state index contributed by atoms with van der Waals surface area (Å²) in [7, 11) is 3.30. The van der Waals surface area contributed by atoms with Crippen LogP contribution in [0.5, 0.6) is 5.75 Å². The molecule has 0 aromatic heterocycles. The molecule has 1 aromatic carbocycles. The third kappa shape index (κ3) is 4.56. The SMILES string of the molecule is CNCC1CCN(C(=O)c2ccc(OC)c([N+](=O)[O-])c2)CC1.Cl. The van der Waals surface area contributed by atoms with Crippen molar-refractivity contribution in [1.82, 2.24) is 10.2 Å². The van der Waals surface area contributed by atoms with Gasteiger partial charge in [-0.3, -0.25) is 14.9 Å². The van der Waals surface area contributed by atoms with Crippen LogP contribution in [0.2, 0.25) is 0 Å². The number of rotatable bonds is 5. The number of nitro benzene ring substituents is 1. The largest absolute Gasteiger partial charge is 0.490 e. The van der Waals surface area contributed by atoms with Gasteiger partial charge in [-0.25, -0.2) is 0 Å². The Morgan fingerprint density at radius 3 is 2.61 bits per heavy atom. The van der Waals surface area contributed by atoms with E-state index >= 15 is 0 Å². The summed E-state index contributed by atoms with van der Waals surface area (Å²) in [5.74, 6) is 0.585. The normalized spacial score (nSPS) is 15.0. The van der Waals surface area contributed by atoms with Gasteiger partial charge in [0.05, 0.1) is 12.0 Å². The molecule has 0 unspecified atom stereocenters. The number of piperidine rings is 1. The summed E-state index contributed by atoms with van der Waals surface area (Å²) in [4.78, 5) is 24.8. The first-order valence-electron chi connectivity index (χ1n) is 7.33. The van der Waals surface area contributed by atoms with Gasteiger partial charge >= 0.3 is 5.69 Å². The lowest BCUT2D eigenvalue weighted by Gasteiger charge is -2.32. The van der Waals surface area contributed by atoms with Gasteiger partial charge in [-0.1, -0.05) is 0 Å². The molecule has 0 radical (unpaired) electrons. The fourth-order valence-corrected chi connectivity index (χ4v) is 2.78. The van der Waals surface area contributed by atoms with Crippen LogP contribution >= 0.6 is 12.4 Å². The molecule has 23 heavy (non-hydrogen) atoms. The molecule has 1 aliphatic heterocycles. The highest BCUT2D eigenvalue weighted by Gasteiger charge is 2.25. The minimum absolute atomic E-state index is 0. The zero-order chi connectivity index (χ0) is 16.1. The van der Waals surface area contributed by atoms with Gasteiger partial charge in [0, 0.05) is 24.7 Å². The van der Waals surface area contributed by atoms with Crippen molar-refractivity contribution in [3.63, 3.8) is 0 Å². The standard InChI is InChI=1S/C15H21N3O4.ClH/c1-16-10-11-5-7-17(8-6-11)15(19)12-3-4-14(22-2)13(9-12)18(20)21;/h3-4,9,11,16H,5-8,10H2,1-2H3;1H. The first-order chi connectivity index (χ1) is 10.6. The van der Waals surface area contributed by atoms with Gasteiger partial charge in [0.2, 0.25) is 0 Å². The molecule has 8 heteroatoms. The quantitative estimate of drug-likeness (QED) is 0.653. The molecule has 1 aromatic rings. The van der Waals surface area contributed by atoms with Crippen molar-refractivity contribution >= 4 is 24.0 Å². The number of hydrogen-bond acceptors (Lipinski definition) is 5. The lowest BCUT2D eigenvalue weighted by atomic mass is 9.96. The number of ether oxygens (including phenoxy) is 1. The second-order valence-electron chi connectivity index (χ2n) is 5.44. The van der Waals surface area contributed by atoms with E-state index in [2.05, 4.69) is 5.32 Å². The predicted octanol–water partition coefficient (Wildman–Crippen LogP) is 2.10. The number of likely N-dealkylation sites (tertiary alicyclic amines) is 1. The molecule has 1 heterocycles. The monoisotopic (exact) mass is 343 g/mol. The Labute approximate surface area is 141 Å². The first-order valence-corrected chi connectivity index (χ1v) is 7.33. The number of amides is 1. The molecule has 0 aliphatic carbocycles. The number of carbonyl (C=O) groups excluding carboxylic acids is 1. The summed E-state index contributed by atoms with van der Waals surface area (Å²) >= 11 is 0. The Bertz CT molecular complexity index is 560. The van der Waals surface area contributed by atoms with E-state index in [9.17, 15) is 14.9 Å². The van der Waals surface area contributed by atoms with E-state index in [0.717, 1.165) is 19.4 Å². The number of halogens is 1. The van der Waals surface area contributed by atoms with Crippen molar-refractivity contribution in [2.75, 3.05) is 33.8 Å². The molecule has 128 valence electrons. The van der Waals surface area contributed by atoms with Crippen molar-refractivity contribution in [1.29, 1.82) is 0 Å². The molecule has 0 atom stereocenters. The van der Waals surface area contributed by atoms with Crippen molar-refractivity contribution in [2.45, 2.75) is 12.8 Å². The number of hydrogen-bond donors (Lipinski definition) is 1. The zero-order valence-corrected chi connectivity index (χ0v) is 14.1. The van der Waals surface area contributed by atoms with Crippen molar-refractivity contribution in [3.05, 3.63) is 33.9 Å².